The lowest BCUT2D eigenvalue weighted by Crippen LogP contribution is -2.39. The second kappa shape index (κ2) is 7.96. The Morgan fingerprint density at radius 2 is 1.62 bits per heavy atom. The Bertz CT molecular complexity index is 1160. The molecule has 1 N–H and O–H groups in total. The van der Waals surface area contributed by atoms with Crippen molar-refractivity contribution in [2.24, 2.45) is 0 Å². The van der Waals surface area contributed by atoms with Crippen molar-refractivity contribution < 1.29 is 14.4 Å². The van der Waals surface area contributed by atoms with Crippen LogP contribution in [-0.2, 0) is 24.3 Å². The molecule has 0 aromatic heterocycles. The van der Waals surface area contributed by atoms with Gasteiger partial charge in [-0.3, -0.25) is 9.59 Å². The summed E-state index contributed by atoms with van der Waals surface area (Å²) in [4.78, 5) is 41.4. The maximum Gasteiger partial charge on any atom is 0.332 e. The number of hydrogen-bond donors (Lipinski definition) is 1. The number of urea groups is 1. The minimum absolute atomic E-state index is 0.205. The van der Waals surface area contributed by atoms with Gasteiger partial charge in [-0.25, -0.2) is 9.69 Å². The van der Waals surface area contributed by atoms with E-state index >= 15 is 0 Å². The van der Waals surface area contributed by atoms with E-state index in [1.54, 1.807) is 29.2 Å². The smallest absolute Gasteiger partial charge is 0.332 e. The highest BCUT2D eigenvalue weighted by Gasteiger charge is 2.47. The largest absolute Gasteiger partial charge is 0.348 e. The first-order chi connectivity index (χ1) is 15.5. The van der Waals surface area contributed by atoms with Gasteiger partial charge in [-0.15, -0.1) is 0 Å². The third-order valence-corrected chi connectivity index (χ3v) is 6.15. The number of hydrogen-bond acceptors (Lipinski definition) is 3. The van der Waals surface area contributed by atoms with Gasteiger partial charge in [0, 0.05) is 25.1 Å². The van der Waals surface area contributed by atoms with E-state index in [9.17, 15) is 14.4 Å². The molecule has 4 amide bonds. The number of imide groups is 1. The van der Waals surface area contributed by atoms with Crippen molar-refractivity contribution >= 4 is 23.5 Å². The number of anilines is 1. The van der Waals surface area contributed by atoms with Crippen molar-refractivity contribution in [1.82, 2.24) is 10.2 Å². The van der Waals surface area contributed by atoms with Crippen LogP contribution in [0.15, 0.2) is 72.8 Å². The predicted octanol–water partition coefficient (Wildman–Crippen LogP) is 3.82. The van der Waals surface area contributed by atoms with E-state index in [1.165, 1.54) is 10.5 Å². The fourth-order valence-electron chi connectivity index (χ4n) is 4.31. The van der Waals surface area contributed by atoms with Crippen LogP contribution in [0.25, 0.3) is 0 Å². The zero-order valence-corrected chi connectivity index (χ0v) is 17.7. The number of fused-ring (bicyclic) bond motifs is 2. The molecule has 6 nitrogen and oxygen atoms in total. The fourth-order valence-corrected chi connectivity index (χ4v) is 4.31. The van der Waals surface area contributed by atoms with Gasteiger partial charge < -0.3 is 10.2 Å². The number of aryl methyl sites for hydroxylation is 1. The minimum atomic E-state index is -0.477. The summed E-state index contributed by atoms with van der Waals surface area (Å²) in [6.07, 6.45) is 0.525. The summed E-state index contributed by atoms with van der Waals surface area (Å²) in [6, 6.07) is 21.7. The van der Waals surface area contributed by atoms with Crippen LogP contribution in [0.3, 0.4) is 0 Å². The SMILES string of the molecule is Cc1ccc(CNC(=O)c2ccc(N3C(=O)[C@H]4Cc5ccccc5CN4C3=O)cc2)cc1. The zero-order chi connectivity index (χ0) is 22.2. The first kappa shape index (κ1) is 20.0. The first-order valence-corrected chi connectivity index (χ1v) is 10.7. The third kappa shape index (κ3) is 3.54. The maximum absolute atomic E-state index is 13.0. The van der Waals surface area contributed by atoms with Gasteiger partial charge in [0.25, 0.3) is 11.8 Å². The second-order valence-corrected chi connectivity index (χ2v) is 8.29. The molecule has 32 heavy (non-hydrogen) atoms. The van der Waals surface area contributed by atoms with Crippen LogP contribution < -0.4 is 10.2 Å². The molecule has 160 valence electrons. The van der Waals surface area contributed by atoms with Crippen LogP contribution in [0, 0.1) is 6.92 Å². The van der Waals surface area contributed by atoms with Gasteiger partial charge in [0.05, 0.1) is 5.69 Å². The molecular weight excluding hydrogens is 402 g/mol. The Balaban J connectivity index is 1.29. The number of benzene rings is 3. The minimum Gasteiger partial charge on any atom is -0.348 e. The Kier molecular flexibility index (Phi) is 4.98. The lowest BCUT2D eigenvalue weighted by Gasteiger charge is -2.28. The monoisotopic (exact) mass is 425 g/mol. The van der Waals surface area contributed by atoms with Crippen molar-refractivity contribution in [1.29, 1.82) is 0 Å². The molecule has 0 unspecified atom stereocenters. The van der Waals surface area contributed by atoms with Crippen molar-refractivity contribution in [3.63, 3.8) is 0 Å². The number of rotatable bonds is 4. The number of nitrogens with zero attached hydrogens (tertiary/aromatic N) is 2. The first-order valence-electron chi connectivity index (χ1n) is 10.7. The molecular formula is C26H23N3O3. The molecule has 3 aromatic rings. The molecule has 0 bridgehead atoms. The zero-order valence-electron chi connectivity index (χ0n) is 17.7. The summed E-state index contributed by atoms with van der Waals surface area (Å²) in [5.74, 6) is -0.426. The van der Waals surface area contributed by atoms with Crippen molar-refractivity contribution in [2.45, 2.75) is 32.5 Å². The van der Waals surface area contributed by atoms with Gasteiger partial charge in [-0.05, 0) is 47.9 Å². The maximum atomic E-state index is 13.0. The topological polar surface area (TPSA) is 69.7 Å². The molecule has 3 aromatic carbocycles. The van der Waals surface area contributed by atoms with E-state index in [-0.39, 0.29) is 17.8 Å². The summed E-state index contributed by atoms with van der Waals surface area (Å²) in [5.41, 5.74) is 5.33. The second-order valence-electron chi connectivity index (χ2n) is 8.29. The lowest BCUT2D eigenvalue weighted by atomic mass is 9.95. The lowest BCUT2D eigenvalue weighted by molar-refractivity contribution is -0.120. The predicted molar refractivity (Wildman–Crippen MR) is 121 cm³/mol. The van der Waals surface area contributed by atoms with Gasteiger partial charge in [-0.2, -0.15) is 0 Å². The molecule has 6 heteroatoms. The van der Waals surface area contributed by atoms with Crippen LogP contribution >= 0.6 is 0 Å². The van der Waals surface area contributed by atoms with Crippen molar-refractivity contribution in [3.8, 4) is 0 Å². The van der Waals surface area contributed by atoms with E-state index in [0.717, 1.165) is 16.7 Å². The number of carbonyl (C=O) groups excluding carboxylic acids is 3. The molecule has 1 atom stereocenters. The summed E-state index contributed by atoms with van der Waals surface area (Å²) >= 11 is 0. The fraction of sp³-hybridized carbons (Fsp3) is 0.192. The Labute approximate surface area is 186 Å². The molecule has 2 aliphatic rings. The van der Waals surface area contributed by atoms with Crippen LogP contribution in [-0.4, -0.2) is 28.8 Å². The van der Waals surface area contributed by atoms with E-state index in [2.05, 4.69) is 5.32 Å². The Hall–Kier alpha value is -3.93. The van der Waals surface area contributed by atoms with Gasteiger partial charge in [0.2, 0.25) is 0 Å². The van der Waals surface area contributed by atoms with E-state index < -0.39 is 6.04 Å². The van der Waals surface area contributed by atoms with E-state index in [4.69, 9.17) is 0 Å². The molecule has 2 aliphatic heterocycles. The molecule has 0 radical (unpaired) electrons. The molecule has 0 spiro atoms. The summed E-state index contributed by atoms with van der Waals surface area (Å²) < 4.78 is 0. The van der Waals surface area contributed by atoms with Gasteiger partial charge in [0.1, 0.15) is 6.04 Å². The molecule has 1 saturated heterocycles. The Morgan fingerprint density at radius 1 is 0.938 bits per heavy atom. The highest BCUT2D eigenvalue weighted by Crippen LogP contribution is 2.32. The van der Waals surface area contributed by atoms with Crippen LogP contribution in [0.5, 0.6) is 0 Å². The summed E-state index contributed by atoms with van der Waals surface area (Å²) in [6.45, 7) is 2.88. The standard InChI is InChI=1S/C26H23N3O3/c1-17-6-8-18(9-7-17)15-27-24(30)19-10-12-22(13-11-19)29-25(31)23-14-20-4-2-3-5-21(20)16-28(23)26(29)32/h2-13,23H,14-16H2,1H3,(H,27,30)/t23-/m1/s1. The molecule has 5 rings (SSSR count). The highest BCUT2D eigenvalue weighted by atomic mass is 16.2. The van der Waals surface area contributed by atoms with Gasteiger partial charge >= 0.3 is 6.03 Å². The van der Waals surface area contributed by atoms with Crippen LogP contribution in [0.2, 0.25) is 0 Å². The summed E-state index contributed by atoms with van der Waals surface area (Å²) in [7, 11) is 0. The number of nitrogens with one attached hydrogen (secondary N) is 1. The Morgan fingerprint density at radius 3 is 2.34 bits per heavy atom. The number of amides is 4. The average molecular weight is 425 g/mol. The van der Waals surface area contributed by atoms with Gasteiger partial charge in [0.15, 0.2) is 0 Å². The number of carbonyl (C=O) groups is 3. The molecule has 0 saturated carbocycles. The molecule has 0 aliphatic carbocycles. The van der Waals surface area contributed by atoms with Crippen LogP contribution in [0.1, 0.15) is 32.6 Å². The normalized spacial score (nSPS) is 17.2. The van der Waals surface area contributed by atoms with Crippen molar-refractivity contribution in [3.05, 3.63) is 101 Å². The third-order valence-electron chi connectivity index (χ3n) is 6.15. The quantitative estimate of drug-likeness (QED) is 0.646. The molecule has 2 heterocycles. The van der Waals surface area contributed by atoms with E-state index in [0.29, 0.717) is 30.8 Å². The molecule has 1 fully saturated rings. The van der Waals surface area contributed by atoms with Crippen LogP contribution in [0.4, 0.5) is 10.5 Å². The van der Waals surface area contributed by atoms with Gasteiger partial charge in [-0.1, -0.05) is 54.1 Å². The average Bonchev–Trinajstić information content (AvgIpc) is 3.06. The van der Waals surface area contributed by atoms with Crippen molar-refractivity contribution in [2.75, 3.05) is 4.90 Å². The highest BCUT2D eigenvalue weighted by molar-refractivity contribution is 6.21. The summed E-state index contributed by atoms with van der Waals surface area (Å²) in [5, 5.41) is 2.90. The van der Waals surface area contributed by atoms with E-state index in [1.807, 2.05) is 55.5 Å².